The van der Waals surface area contributed by atoms with Crippen molar-refractivity contribution in [1.82, 2.24) is 0 Å². The predicted molar refractivity (Wildman–Crippen MR) is 111 cm³/mol. The van der Waals surface area contributed by atoms with E-state index < -0.39 is 5.92 Å². The quantitative estimate of drug-likeness (QED) is 0.653. The van der Waals surface area contributed by atoms with E-state index in [0.717, 1.165) is 27.6 Å². The maximum absolute atomic E-state index is 12.8. The van der Waals surface area contributed by atoms with Crippen molar-refractivity contribution in [3.63, 3.8) is 0 Å². The smallest absolute Gasteiger partial charge is 0.233 e. The summed E-state index contributed by atoms with van der Waals surface area (Å²) >= 11 is 0. The zero-order valence-electron chi connectivity index (χ0n) is 15.8. The molecule has 0 saturated heterocycles. The summed E-state index contributed by atoms with van der Waals surface area (Å²) in [5.74, 6) is -0.490. The Labute approximate surface area is 160 Å². The summed E-state index contributed by atoms with van der Waals surface area (Å²) in [6, 6.07) is 21.9. The third-order valence-electron chi connectivity index (χ3n) is 4.53. The van der Waals surface area contributed by atoms with E-state index in [-0.39, 0.29) is 18.6 Å². The van der Waals surface area contributed by atoms with Crippen LogP contribution in [0.4, 0.5) is 5.69 Å². The van der Waals surface area contributed by atoms with E-state index in [1.807, 2.05) is 80.6 Å². The molecule has 0 heterocycles. The number of carbonyl (C=O) groups is 1. The molecular weight excluding hydrogens is 336 g/mol. The van der Waals surface area contributed by atoms with Crippen molar-refractivity contribution >= 4 is 22.4 Å². The topological polar surface area (TPSA) is 64.3 Å². The normalized spacial score (nSPS) is 12.3. The molecule has 1 amide bonds. The van der Waals surface area contributed by atoms with E-state index in [4.69, 9.17) is 10.5 Å². The third-order valence-corrected chi connectivity index (χ3v) is 4.53. The minimum Gasteiger partial charge on any atom is -0.374 e. The van der Waals surface area contributed by atoms with Crippen LogP contribution in [0.5, 0.6) is 0 Å². The molecule has 3 N–H and O–H groups in total. The zero-order chi connectivity index (χ0) is 19.2. The molecule has 0 radical (unpaired) electrons. The molecule has 140 valence electrons. The van der Waals surface area contributed by atoms with Gasteiger partial charge >= 0.3 is 0 Å². The van der Waals surface area contributed by atoms with Crippen molar-refractivity contribution in [1.29, 1.82) is 0 Å². The Morgan fingerprint density at radius 2 is 1.70 bits per heavy atom. The molecule has 0 aliphatic carbocycles. The number of ether oxygens (including phenoxy) is 1. The molecule has 0 saturated carbocycles. The number of nitrogens with one attached hydrogen (secondary N) is 1. The van der Waals surface area contributed by atoms with Crippen LogP contribution in [0.25, 0.3) is 10.8 Å². The van der Waals surface area contributed by atoms with E-state index in [0.29, 0.717) is 6.61 Å². The van der Waals surface area contributed by atoms with E-state index in [1.165, 1.54) is 0 Å². The molecule has 0 unspecified atom stereocenters. The van der Waals surface area contributed by atoms with Gasteiger partial charge in [0, 0.05) is 12.2 Å². The fraction of sp³-hybridized carbons (Fsp3) is 0.261. The van der Waals surface area contributed by atoms with Crippen molar-refractivity contribution in [2.24, 2.45) is 5.73 Å². The molecule has 0 spiro atoms. The predicted octanol–water partition coefficient (Wildman–Crippen LogP) is 4.45. The molecule has 3 aromatic rings. The fourth-order valence-electron chi connectivity index (χ4n) is 3.00. The summed E-state index contributed by atoms with van der Waals surface area (Å²) in [5.41, 5.74) is 8.67. The minimum absolute atomic E-state index is 0.0982. The molecule has 27 heavy (non-hydrogen) atoms. The van der Waals surface area contributed by atoms with Gasteiger partial charge in [0.2, 0.25) is 5.91 Å². The van der Waals surface area contributed by atoms with Crippen molar-refractivity contribution in [3.8, 4) is 0 Å². The highest BCUT2D eigenvalue weighted by Crippen LogP contribution is 2.22. The van der Waals surface area contributed by atoms with E-state index >= 15 is 0 Å². The molecule has 0 aliphatic heterocycles. The van der Waals surface area contributed by atoms with Gasteiger partial charge in [-0.25, -0.2) is 0 Å². The second kappa shape index (κ2) is 8.80. The van der Waals surface area contributed by atoms with Crippen LogP contribution in [0.2, 0.25) is 0 Å². The Kier molecular flexibility index (Phi) is 6.22. The monoisotopic (exact) mass is 362 g/mol. The molecule has 3 aromatic carbocycles. The van der Waals surface area contributed by atoms with Gasteiger partial charge in [-0.05, 0) is 47.9 Å². The fourth-order valence-corrected chi connectivity index (χ4v) is 3.00. The van der Waals surface area contributed by atoms with Crippen LogP contribution in [0.1, 0.15) is 30.9 Å². The average Bonchev–Trinajstić information content (AvgIpc) is 2.68. The summed E-state index contributed by atoms with van der Waals surface area (Å²) in [6.45, 7) is 4.83. The maximum Gasteiger partial charge on any atom is 0.233 e. The number of fused-ring (bicyclic) bond motifs is 1. The molecule has 0 aromatic heterocycles. The molecular formula is C23H26N2O2. The second-order valence-electron chi connectivity index (χ2n) is 6.94. The molecule has 0 aliphatic rings. The summed E-state index contributed by atoms with van der Waals surface area (Å²) in [4.78, 5) is 12.8. The molecule has 0 bridgehead atoms. The largest absolute Gasteiger partial charge is 0.374 e. The third kappa shape index (κ3) is 4.94. The lowest BCUT2D eigenvalue weighted by atomic mass is 9.97. The first-order valence-corrected chi connectivity index (χ1v) is 9.27. The van der Waals surface area contributed by atoms with Gasteiger partial charge in [-0.1, -0.05) is 54.6 Å². The maximum atomic E-state index is 12.8. The van der Waals surface area contributed by atoms with Gasteiger partial charge in [-0.2, -0.15) is 0 Å². The standard InChI is InChI=1S/C23H26N2O2/c1-16(2)27-15-17-7-9-19(10-8-17)22(14-24)23(26)25-21-12-11-18-5-3-4-6-20(18)13-21/h3-13,16,22H,14-15,24H2,1-2H3,(H,25,26)/t22-/m1/s1. The first-order valence-electron chi connectivity index (χ1n) is 9.27. The lowest BCUT2D eigenvalue weighted by Crippen LogP contribution is -2.27. The highest BCUT2D eigenvalue weighted by Gasteiger charge is 2.19. The summed E-state index contributed by atoms with van der Waals surface area (Å²) in [7, 11) is 0. The Hall–Kier alpha value is -2.69. The highest BCUT2D eigenvalue weighted by molar-refractivity contribution is 5.98. The Bertz CT molecular complexity index is 904. The van der Waals surface area contributed by atoms with Crippen LogP contribution in [-0.2, 0) is 16.1 Å². The lowest BCUT2D eigenvalue weighted by molar-refractivity contribution is -0.117. The number of rotatable bonds is 7. The van der Waals surface area contributed by atoms with Gasteiger partial charge in [0.25, 0.3) is 0 Å². The lowest BCUT2D eigenvalue weighted by Gasteiger charge is -2.16. The molecule has 1 atom stereocenters. The van der Waals surface area contributed by atoms with E-state index in [2.05, 4.69) is 5.32 Å². The SMILES string of the molecule is CC(C)OCc1ccc([C@@H](CN)C(=O)Nc2ccc3ccccc3c2)cc1. The van der Waals surface area contributed by atoms with Crippen molar-refractivity contribution in [2.45, 2.75) is 32.5 Å². The van der Waals surface area contributed by atoms with Gasteiger partial charge in [0.05, 0.1) is 18.6 Å². The number of hydrogen-bond acceptors (Lipinski definition) is 3. The average molecular weight is 362 g/mol. The Morgan fingerprint density at radius 3 is 2.37 bits per heavy atom. The van der Waals surface area contributed by atoms with Gasteiger partial charge in [-0.3, -0.25) is 4.79 Å². The summed E-state index contributed by atoms with van der Waals surface area (Å²) in [6.07, 6.45) is 0.189. The first kappa shape index (κ1) is 19.1. The number of anilines is 1. The van der Waals surface area contributed by atoms with Crippen LogP contribution in [0.3, 0.4) is 0 Å². The number of hydrogen-bond donors (Lipinski definition) is 2. The van der Waals surface area contributed by atoms with Crippen LogP contribution < -0.4 is 11.1 Å². The van der Waals surface area contributed by atoms with E-state index in [1.54, 1.807) is 0 Å². The van der Waals surface area contributed by atoms with Crippen molar-refractivity contribution in [3.05, 3.63) is 77.9 Å². The number of carbonyl (C=O) groups excluding carboxylic acids is 1. The van der Waals surface area contributed by atoms with Gasteiger partial charge < -0.3 is 15.8 Å². The van der Waals surface area contributed by atoms with Crippen molar-refractivity contribution in [2.75, 3.05) is 11.9 Å². The highest BCUT2D eigenvalue weighted by atomic mass is 16.5. The molecule has 4 nitrogen and oxygen atoms in total. The number of amides is 1. The minimum atomic E-state index is -0.392. The van der Waals surface area contributed by atoms with E-state index in [9.17, 15) is 4.79 Å². The van der Waals surface area contributed by atoms with Gasteiger partial charge in [-0.15, -0.1) is 0 Å². The van der Waals surface area contributed by atoms with Gasteiger partial charge in [0.1, 0.15) is 0 Å². The molecule has 4 heteroatoms. The summed E-state index contributed by atoms with van der Waals surface area (Å²) in [5, 5.41) is 5.23. The van der Waals surface area contributed by atoms with Crippen LogP contribution in [0, 0.1) is 0 Å². The van der Waals surface area contributed by atoms with Crippen LogP contribution in [0.15, 0.2) is 66.7 Å². The second-order valence-corrected chi connectivity index (χ2v) is 6.94. The van der Waals surface area contributed by atoms with Crippen molar-refractivity contribution < 1.29 is 9.53 Å². The summed E-state index contributed by atoms with van der Waals surface area (Å²) < 4.78 is 5.61. The number of nitrogens with two attached hydrogens (primary N) is 1. The first-order chi connectivity index (χ1) is 13.1. The van der Waals surface area contributed by atoms with Crippen LogP contribution >= 0.6 is 0 Å². The molecule has 3 rings (SSSR count). The number of benzene rings is 3. The Morgan fingerprint density at radius 1 is 1.00 bits per heavy atom. The molecule has 0 fully saturated rings. The Balaban J connectivity index is 1.71. The van der Waals surface area contributed by atoms with Gasteiger partial charge in [0.15, 0.2) is 0 Å². The zero-order valence-corrected chi connectivity index (χ0v) is 15.8. The van der Waals surface area contributed by atoms with Crippen LogP contribution in [-0.4, -0.2) is 18.6 Å².